The second kappa shape index (κ2) is 8.34. The normalized spacial score (nSPS) is 10.9. The van der Waals surface area contributed by atoms with Gasteiger partial charge in [0, 0.05) is 6.54 Å². The van der Waals surface area contributed by atoms with Crippen LogP contribution < -0.4 is 5.48 Å². The fourth-order valence-corrected chi connectivity index (χ4v) is 2.56. The topological polar surface area (TPSA) is 81.9 Å². The number of aromatic nitrogens is 4. The zero-order chi connectivity index (χ0) is 17.5. The van der Waals surface area contributed by atoms with Gasteiger partial charge in [0.1, 0.15) is 6.61 Å². The van der Waals surface area contributed by atoms with E-state index in [0.29, 0.717) is 5.82 Å². The van der Waals surface area contributed by atoms with Gasteiger partial charge in [0.05, 0.1) is 6.42 Å². The van der Waals surface area contributed by atoms with Crippen molar-refractivity contribution >= 4 is 16.7 Å². The molecule has 1 amide bonds. The van der Waals surface area contributed by atoms with E-state index in [1.165, 1.54) is 0 Å². The quantitative estimate of drug-likeness (QED) is 0.637. The number of hydrogen-bond donors (Lipinski definition) is 1. The summed E-state index contributed by atoms with van der Waals surface area (Å²) in [7, 11) is 0. The van der Waals surface area contributed by atoms with Crippen molar-refractivity contribution in [3.8, 4) is 0 Å². The molecule has 25 heavy (non-hydrogen) atoms. The van der Waals surface area contributed by atoms with E-state index in [9.17, 15) is 4.79 Å². The summed E-state index contributed by atoms with van der Waals surface area (Å²) in [4.78, 5) is 17.3. The number of unbranched alkanes of at least 4 members (excludes halogenated alkanes) is 1. The van der Waals surface area contributed by atoms with Crippen molar-refractivity contribution in [2.24, 2.45) is 0 Å². The van der Waals surface area contributed by atoms with Gasteiger partial charge >= 0.3 is 0 Å². The van der Waals surface area contributed by atoms with E-state index < -0.39 is 0 Å². The summed E-state index contributed by atoms with van der Waals surface area (Å²) in [6, 6.07) is 14.0. The number of nitrogens with zero attached hydrogens (tertiary/aromatic N) is 4. The summed E-state index contributed by atoms with van der Waals surface area (Å²) < 4.78 is 1.69. The average Bonchev–Trinajstić information content (AvgIpc) is 3.07. The molecule has 1 N–H and O–H groups in total. The van der Waals surface area contributed by atoms with E-state index in [4.69, 9.17) is 4.84 Å². The van der Waals surface area contributed by atoms with Gasteiger partial charge in [0.15, 0.2) is 5.82 Å². The minimum absolute atomic E-state index is 0.139. The number of nitrogens with one attached hydrogen (secondary N) is 1. The number of fused-ring (bicyclic) bond motifs is 1. The molecule has 1 aromatic heterocycles. The Bertz CT molecular complexity index is 846. The summed E-state index contributed by atoms with van der Waals surface area (Å²) in [5.74, 6) is 0.391. The summed E-state index contributed by atoms with van der Waals surface area (Å²) in [5, 5.41) is 13.7. The zero-order valence-electron chi connectivity index (χ0n) is 14.2. The Kier molecular flexibility index (Phi) is 5.69. The molecule has 0 spiro atoms. The largest absolute Gasteiger partial charge is 0.272 e. The number of hydrogen-bond acceptors (Lipinski definition) is 5. The first-order chi connectivity index (χ1) is 12.3. The van der Waals surface area contributed by atoms with Gasteiger partial charge in [-0.3, -0.25) is 9.63 Å². The highest BCUT2D eigenvalue weighted by molar-refractivity contribution is 5.85. The maximum atomic E-state index is 12.0. The fraction of sp³-hybridized carbons (Fsp3) is 0.333. The van der Waals surface area contributed by atoms with Crippen LogP contribution in [0.2, 0.25) is 0 Å². The molecule has 7 heteroatoms. The lowest BCUT2D eigenvalue weighted by molar-refractivity contribution is -0.134. The first-order valence-electron chi connectivity index (χ1n) is 8.39. The van der Waals surface area contributed by atoms with Crippen molar-refractivity contribution in [3.05, 3.63) is 53.9 Å². The Labute approximate surface area is 145 Å². The summed E-state index contributed by atoms with van der Waals surface area (Å²) in [6.45, 7) is 2.99. The lowest BCUT2D eigenvalue weighted by atomic mass is 10.1. The molecule has 2 aromatic carbocycles. The van der Waals surface area contributed by atoms with E-state index in [1.54, 1.807) is 4.68 Å². The van der Waals surface area contributed by atoms with Gasteiger partial charge in [0.2, 0.25) is 5.91 Å². The predicted octanol–water partition coefficient (Wildman–Crippen LogP) is 2.42. The van der Waals surface area contributed by atoms with Crippen LogP contribution in [-0.2, 0) is 29.2 Å². The SMILES string of the molecule is CCCCn1nnnc1CONC(=O)Cc1ccc2ccccc2c1. The number of carbonyl (C=O) groups excluding carboxylic acids is 1. The molecule has 3 rings (SSSR count). The lowest BCUT2D eigenvalue weighted by Crippen LogP contribution is -2.26. The summed E-state index contributed by atoms with van der Waals surface area (Å²) in [6.07, 6.45) is 2.31. The molecule has 7 nitrogen and oxygen atoms in total. The zero-order valence-corrected chi connectivity index (χ0v) is 14.2. The monoisotopic (exact) mass is 339 g/mol. The third-order valence-electron chi connectivity index (χ3n) is 3.90. The third kappa shape index (κ3) is 4.60. The molecule has 0 aliphatic heterocycles. The molecule has 0 saturated heterocycles. The van der Waals surface area contributed by atoms with Crippen LogP contribution >= 0.6 is 0 Å². The van der Waals surface area contributed by atoms with Crippen LogP contribution in [0.1, 0.15) is 31.2 Å². The molecule has 0 aliphatic rings. The van der Waals surface area contributed by atoms with Crippen LogP contribution in [0.4, 0.5) is 0 Å². The minimum Gasteiger partial charge on any atom is -0.272 e. The second-order valence-corrected chi connectivity index (χ2v) is 5.84. The van der Waals surface area contributed by atoms with Gasteiger partial charge in [0.25, 0.3) is 0 Å². The van der Waals surface area contributed by atoms with Gasteiger partial charge in [-0.1, -0.05) is 55.8 Å². The van der Waals surface area contributed by atoms with E-state index in [2.05, 4.69) is 27.9 Å². The van der Waals surface area contributed by atoms with Crippen LogP contribution in [-0.4, -0.2) is 26.1 Å². The molecular weight excluding hydrogens is 318 g/mol. The van der Waals surface area contributed by atoms with Gasteiger partial charge in [-0.25, -0.2) is 10.2 Å². The predicted molar refractivity (Wildman–Crippen MR) is 93.3 cm³/mol. The Morgan fingerprint density at radius 2 is 2.04 bits per heavy atom. The number of aryl methyl sites for hydroxylation is 1. The van der Waals surface area contributed by atoms with Crippen molar-refractivity contribution in [2.45, 2.75) is 39.3 Å². The highest BCUT2D eigenvalue weighted by Crippen LogP contribution is 2.15. The van der Waals surface area contributed by atoms with Crippen molar-refractivity contribution in [1.82, 2.24) is 25.7 Å². The standard InChI is InChI=1S/C18H21N5O2/c1-2-3-10-23-17(19-21-22-23)13-25-20-18(24)12-14-8-9-15-6-4-5-7-16(15)11-14/h4-9,11H,2-3,10,12-13H2,1H3,(H,20,24). The van der Waals surface area contributed by atoms with Gasteiger partial charge in [-0.05, 0) is 33.2 Å². The Morgan fingerprint density at radius 3 is 2.88 bits per heavy atom. The molecule has 0 aliphatic carbocycles. The minimum atomic E-state index is -0.206. The van der Waals surface area contributed by atoms with E-state index in [-0.39, 0.29) is 18.9 Å². The molecule has 0 unspecified atom stereocenters. The first kappa shape index (κ1) is 17.0. The molecule has 0 saturated carbocycles. The molecule has 0 radical (unpaired) electrons. The van der Waals surface area contributed by atoms with Crippen molar-refractivity contribution in [2.75, 3.05) is 0 Å². The first-order valence-corrected chi connectivity index (χ1v) is 8.39. The maximum absolute atomic E-state index is 12.0. The number of benzene rings is 2. The number of amides is 1. The van der Waals surface area contributed by atoms with Crippen LogP contribution in [0.3, 0.4) is 0 Å². The van der Waals surface area contributed by atoms with Gasteiger partial charge in [-0.2, -0.15) is 0 Å². The van der Waals surface area contributed by atoms with Crippen molar-refractivity contribution in [1.29, 1.82) is 0 Å². The maximum Gasteiger partial charge on any atom is 0.247 e. The van der Waals surface area contributed by atoms with Crippen molar-refractivity contribution in [3.63, 3.8) is 0 Å². The Balaban J connectivity index is 1.50. The second-order valence-electron chi connectivity index (χ2n) is 5.84. The highest BCUT2D eigenvalue weighted by Gasteiger charge is 2.08. The van der Waals surface area contributed by atoms with Crippen LogP contribution in [0.15, 0.2) is 42.5 Å². The smallest absolute Gasteiger partial charge is 0.247 e. The van der Waals surface area contributed by atoms with Crippen LogP contribution in [0, 0.1) is 0 Å². The molecular formula is C18H21N5O2. The Hall–Kier alpha value is -2.80. The highest BCUT2D eigenvalue weighted by atomic mass is 16.7. The number of rotatable bonds is 8. The molecule has 0 fully saturated rings. The number of tetrazole rings is 1. The van der Waals surface area contributed by atoms with E-state index >= 15 is 0 Å². The van der Waals surface area contributed by atoms with Crippen LogP contribution in [0.25, 0.3) is 10.8 Å². The Morgan fingerprint density at radius 1 is 1.20 bits per heavy atom. The molecule has 130 valence electrons. The molecule has 0 bridgehead atoms. The van der Waals surface area contributed by atoms with Gasteiger partial charge < -0.3 is 0 Å². The average molecular weight is 339 g/mol. The molecule has 1 heterocycles. The van der Waals surface area contributed by atoms with E-state index in [1.807, 2.05) is 42.5 Å². The number of carbonyl (C=O) groups is 1. The van der Waals surface area contributed by atoms with Gasteiger partial charge in [-0.15, -0.1) is 5.10 Å². The van der Waals surface area contributed by atoms with Crippen molar-refractivity contribution < 1.29 is 9.63 Å². The summed E-state index contributed by atoms with van der Waals surface area (Å²) >= 11 is 0. The van der Waals surface area contributed by atoms with Crippen LogP contribution in [0.5, 0.6) is 0 Å². The van der Waals surface area contributed by atoms with E-state index in [0.717, 1.165) is 35.7 Å². The fourth-order valence-electron chi connectivity index (χ4n) is 2.56. The molecule has 3 aromatic rings. The third-order valence-corrected chi connectivity index (χ3v) is 3.90. The number of hydroxylamine groups is 1. The molecule has 0 atom stereocenters. The lowest BCUT2D eigenvalue weighted by Gasteiger charge is -2.07. The summed E-state index contributed by atoms with van der Waals surface area (Å²) in [5.41, 5.74) is 3.39.